The monoisotopic (exact) mass is 512 g/mol. The molecule has 7 N–H and O–H groups in total. The molecular formula is C26H36N6O3S. The number of nitrogen functional groups attached to an aromatic ring is 2. The van der Waals surface area contributed by atoms with Crippen LogP contribution in [0.25, 0.3) is 0 Å². The van der Waals surface area contributed by atoms with Gasteiger partial charge >= 0.3 is 6.03 Å². The number of benzene rings is 2. The SMILES string of the molecule is N=C(N)c1cccc(NC(=O)NC2(C3CCN(S(=O)(=O)c4cccc(N)c4)CC3)CCCCCC2)c1. The van der Waals surface area contributed by atoms with Crippen molar-refractivity contribution >= 4 is 33.3 Å². The van der Waals surface area contributed by atoms with E-state index >= 15 is 0 Å². The van der Waals surface area contributed by atoms with Crippen LogP contribution in [0.2, 0.25) is 0 Å². The third-order valence-electron chi connectivity index (χ3n) is 7.52. The predicted molar refractivity (Wildman–Crippen MR) is 142 cm³/mol. The maximum absolute atomic E-state index is 13.2. The first-order valence-corrected chi connectivity index (χ1v) is 14.0. The number of urea groups is 1. The van der Waals surface area contributed by atoms with Crippen LogP contribution >= 0.6 is 0 Å². The number of hydrogen-bond acceptors (Lipinski definition) is 5. The lowest BCUT2D eigenvalue weighted by molar-refractivity contribution is 0.130. The van der Waals surface area contributed by atoms with Gasteiger partial charge < -0.3 is 22.1 Å². The summed E-state index contributed by atoms with van der Waals surface area (Å²) in [7, 11) is -3.61. The molecule has 2 aromatic carbocycles. The van der Waals surface area contributed by atoms with Gasteiger partial charge in [0.1, 0.15) is 5.84 Å². The van der Waals surface area contributed by atoms with Gasteiger partial charge in [-0.15, -0.1) is 0 Å². The summed E-state index contributed by atoms with van der Waals surface area (Å²) in [6.45, 7) is 0.820. The van der Waals surface area contributed by atoms with Crippen molar-refractivity contribution in [1.29, 1.82) is 5.41 Å². The maximum Gasteiger partial charge on any atom is 0.319 e. The zero-order chi connectivity index (χ0) is 25.8. The third kappa shape index (κ3) is 5.82. The van der Waals surface area contributed by atoms with Crippen LogP contribution in [0.1, 0.15) is 56.9 Å². The van der Waals surface area contributed by atoms with E-state index in [1.165, 1.54) is 10.4 Å². The van der Waals surface area contributed by atoms with Crippen LogP contribution in [0.4, 0.5) is 16.2 Å². The van der Waals surface area contributed by atoms with Crippen molar-refractivity contribution in [1.82, 2.24) is 9.62 Å². The van der Waals surface area contributed by atoms with E-state index in [0.29, 0.717) is 42.9 Å². The first-order chi connectivity index (χ1) is 17.2. The highest BCUT2D eigenvalue weighted by molar-refractivity contribution is 7.89. The standard InChI is InChI=1S/C26H36N6O3S/c27-21-8-6-10-23(18-21)36(34,35)32-15-11-20(12-16-32)26(13-3-1-2-4-14-26)31-25(33)30-22-9-5-7-19(17-22)24(28)29/h5-10,17-18,20H,1-4,11-16,27H2,(H3,28,29)(H2,30,31,33). The number of hydrogen-bond donors (Lipinski definition) is 5. The van der Waals surface area contributed by atoms with E-state index in [-0.39, 0.29) is 28.2 Å². The Morgan fingerprint density at radius 1 is 1.00 bits per heavy atom. The van der Waals surface area contributed by atoms with E-state index in [1.807, 2.05) is 0 Å². The zero-order valence-electron chi connectivity index (χ0n) is 20.5. The molecule has 10 heteroatoms. The molecule has 2 aromatic rings. The van der Waals surface area contributed by atoms with Crippen LogP contribution in [0.15, 0.2) is 53.4 Å². The average Bonchev–Trinajstić information content (AvgIpc) is 3.10. The van der Waals surface area contributed by atoms with E-state index in [0.717, 1.165) is 38.5 Å². The van der Waals surface area contributed by atoms with E-state index in [4.69, 9.17) is 16.9 Å². The number of rotatable bonds is 6. The highest BCUT2D eigenvalue weighted by Crippen LogP contribution is 2.39. The molecule has 1 aliphatic heterocycles. The van der Waals surface area contributed by atoms with Crippen molar-refractivity contribution in [3.63, 3.8) is 0 Å². The van der Waals surface area contributed by atoms with Crippen LogP contribution in [-0.4, -0.2) is 43.2 Å². The van der Waals surface area contributed by atoms with Crippen molar-refractivity contribution in [2.24, 2.45) is 11.7 Å². The summed E-state index contributed by atoms with van der Waals surface area (Å²) >= 11 is 0. The van der Waals surface area contributed by atoms with Crippen molar-refractivity contribution in [2.45, 2.75) is 61.8 Å². The molecule has 36 heavy (non-hydrogen) atoms. The number of nitrogens with two attached hydrogens (primary N) is 2. The molecule has 194 valence electrons. The molecule has 2 aliphatic rings. The number of amides is 2. The number of nitrogens with one attached hydrogen (secondary N) is 3. The fraction of sp³-hybridized carbons (Fsp3) is 0.462. The number of carbonyl (C=O) groups excluding carboxylic acids is 1. The van der Waals surface area contributed by atoms with Gasteiger partial charge in [0.15, 0.2) is 0 Å². The minimum Gasteiger partial charge on any atom is -0.399 e. The summed E-state index contributed by atoms with van der Waals surface area (Å²) in [5, 5.41) is 13.9. The second-order valence-corrected chi connectivity index (χ2v) is 11.8. The van der Waals surface area contributed by atoms with Gasteiger partial charge in [0.05, 0.1) is 4.90 Å². The minimum absolute atomic E-state index is 0.0563. The Kier molecular flexibility index (Phi) is 7.85. The van der Waals surface area contributed by atoms with Gasteiger partial charge in [0.2, 0.25) is 10.0 Å². The van der Waals surface area contributed by atoms with Crippen LogP contribution < -0.4 is 22.1 Å². The second-order valence-electron chi connectivity index (χ2n) is 9.89. The van der Waals surface area contributed by atoms with Gasteiger partial charge in [-0.1, -0.05) is 43.9 Å². The lowest BCUT2D eigenvalue weighted by atomic mass is 9.73. The normalized spacial score (nSPS) is 19.2. The number of carbonyl (C=O) groups is 1. The maximum atomic E-state index is 13.2. The number of sulfonamides is 1. The van der Waals surface area contributed by atoms with E-state index in [1.54, 1.807) is 42.5 Å². The Labute approximate surface area is 213 Å². The molecule has 0 unspecified atom stereocenters. The molecule has 2 fully saturated rings. The Morgan fingerprint density at radius 3 is 2.31 bits per heavy atom. The molecule has 1 aliphatic carbocycles. The van der Waals surface area contributed by atoms with E-state index in [9.17, 15) is 13.2 Å². The summed E-state index contributed by atoms with van der Waals surface area (Å²) < 4.78 is 27.9. The molecule has 2 amide bonds. The lowest BCUT2D eigenvalue weighted by Crippen LogP contribution is -2.57. The quantitative estimate of drug-likeness (QED) is 0.172. The molecule has 1 saturated carbocycles. The molecule has 1 saturated heterocycles. The summed E-state index contributed by atoms with van der Waals surface area (Å²) in [4.78, 5) is 13.4. The van der Waals surface area contributed by atoms with Crippen LogP contribution in [-0.2, 0) is 10.0 Å². The van der Waals surface area contributed by atoms with E-state index in [2.05, 4.69) is 10.6 Å². The van der Waals surface area contributed by atoms with Crippen molar-refractivity contribution in [2.75, 3.05) is 24.1 Å². The van der Waals surface area contributed by atoms with Crippen LogP contribution in [0.3, 0.4) is 0 Å². The number of piperidine rings is 1. The number of amidine groups is 1. The van der Waals surface area contributed by atoms with Gasteiger partial charge in [-0.3, -0.25) is 5.41 Å². The van der Waals surface area contributed by atoms with Crippen molar-refractivity contribution in [3.8, 4) is 0 Å². The molecular weight excluding hydrogens is 476 g/mol. The number of anilines is 2. The van der Waals surface area contributed by atoms with Gasteiger partial charge in [-0.2, -0.15) is 4.31 Å². The third-order valence-corrected chi connectivity index (χ3v) is 9.42. The van der Waals surface area contributed by atoms with E-state index < -0.39 is 10.0 Å². The Balaban J connectivity index is 1.47. The predicted octanol–water partition coefficient (Wildman–Crippen LogP) is 3.87. The molecule has 4 rings (SSSR count). The summed E-state index contributed by atoms with van der Waals surface area (Å²) in [5.74, 6) is 0.122. The topological polar surface area (TPSA) is 154 Å². The molecule has 0 atom stereocenters. The second kappa shape index (κ2) is 10.9. The summed E-state index contributed by atoms with van der Waals surface area (Å²) in [6.07, 6.45) is 7.44. The fourth-order valence-corrected chi connectivity index (χ4v) is 7.15. The highest BCUT2D eigenvalue weighted by Gasteiger charge is 2.43. The smallest absolute Gasteiger partial charge is 0.319 e. The molecule has 0 radical (unpaired) electrons. The van der Waals surface area contributed by atoms with Gasteiger partial charge in [-0.05, 0) is 61.9 Å². The van der Waals surface area contributed by atoms with Crippen molar-refractivity contribution < 1.29 is 13.2 Å². The Hall–Kier alpha value is -3.11. The Morgan fingerprint density at radius 2 is 1.67 bits per heavy atom. The first kappa shape index (κ1) is 26.0. The fourth-order valence-electron chi connectivity index (χ4n) is 5.62. The largest absolute Gasteiger partial charge is 0.399 e. The highest BCUT2D eigenvalue weighted by atomic mass is 32.2. The molecule has 0 aromatic heterocycles. The lowest BCUT2D eigenvalue weighted by Gasteiger charge is -2.45. The first-order valence-electron chi connectivity index (χ1n) is 12.6. The van der Waals surface area contributed by atoms with Gasteiger partial charge in [0, 0.05) is 35.6 Å². The molecule has 0 spiro atoms. The molecule has 0 bridgehead atoms. The Bertz CT molecular complexity index is 1200. The minimum atomic E-state index is -3.61. The zero-order valence-corrected chi connectivity index (χ0v) is 21.3. The molecule has 1 heterocycles. The molecule has 9 nitrogen and oxygen atoms in total. The summed E-state index contributed by atoms with van der Waals surface area (Å²) in [5.41, 5.74) is 12.6. The van der Waals surface area contributed by atoms with Crippen molar-refractivity contribution in [3.05, 3.63) is 54.1 Å². The van der Waals surface area contributed by atoms with Crippen LogP contribution in [0, 0.1) is 11.3 Å². The average molecular weight is 513 g/mol. The van der Waals surface area contributed by atoms with Crippen LogP contribution in [0.5, 0.6) is 0 Å². The summed E-state index contributed by atoms with van der Waals surface area (Å²) in [6, 6.07) is 13.1. The van der Waals surface area contributed by atoms with Gasteiger partial charge in [-0.25, -0.2) is 13.2 Å². The number of nitrogens with zero attached hydrogens (tertiary/aromatic N) is 1. The van der Waals surface area contributed by atoms with Gasteiger partial charge in [0.25, 0.3) is 0 Å².